The number of sulfonamides is 1. The molecule has 0 spiro atoms. The molecule has 2 aliphatic rings. The maximum absolute atomic E-state index is 12.8. The number of hydrogen-bond acceptors (Lipinski definition) is 5. The van der Waals surface area contributed by atoms with Crippen molar-refractivity contribution in [3.8, 4) is 0 Å². The third-order valence-corrected chi connectivity index (χ3v) is 7.75. The topological polar surface area (TPSA) is 105 Å². The Bertz CT molecular complexity index is 1070. The predicted octanol–water partition coefficient (Wildman–Crippen LogP) is 2.63. The van der Waals surface area contributed by atoms with Crippen LogP contribution in [0.2, 0.25) is 0 Å². The Morgan fingerprint density at radius 3 is 2.25 bits per heavy atom. The standard InChI is InChI=1S/C23H27N3O5S/c27-22(17-9-11-19(12-10-17)32(29,30)26-13-15-31-16-14-26)25-21-8-4-3-7-20(21)23(28)24-18-5-1-2-6-18/h3-4,7-12,18H,1-2,5-6,13-16H2,(H,24,28)(H,25,27). The smallest absolute Gasteiger partial charge is 0.255 e. The number of anilines is 1. The lowest BCUT2D eigenvalue weighted by molar-refractivity contribution is 0.0730. The Morgan fingerprint density at radius 2 is 1.56 bits per heavy atom. The number of nitrogens with zero attached hydrogens (tertiary/aromatic N) is 1. The molecular weight excluding hydrogens is 430 g/mol. The fourth-order valence-electron chi connectivity index (χ4n) is 4.03. The van der Waals surface area contributed by atoms with Crippen molar-refractivity contribution in [2.45, 2.75) is 36.6 Å². The third kappa shape index (κ3) is 5.01. The van der Waals surface area contributed by atoms with Gasteiger partial charge in [-0.05, 0) is 49.2 Å². The second kappa shape index (κ2) is 9.81. The average molecular weight is 458 g/mol. The van der Waals surface area contributed by atoms with Gasteiger partial charge in [0.05, 0.1) is 29.4 Å². The first-order chi connectivity index (χ1) is 15.4. The molecular formula is C23H27N3O5S. The van der Waals surface area contributed by atoms with Crippen LogP contribution in [-0.4, -0.2) is 56.9 Å². The Morgan fingerprint density at radius 1 is 0.906 bits per heavy atom. The van der Waals surface area contributed by atoms with E-state index in [-0.39, 0.29) is 16.8 Å². The summed E-state index contributed by atoms with van der Waals surface area (Å²) in [5, 5.41) is 5.81. The molecule has 1 aliphatic heterocycles. The fraction of sp³-hybridized carbons (Fsp3) is 0.391. The summed E-state index contributed by atoms with van der Waals surface area (Å²) in [5.74, 6) is -0.624. The Hall–Kier alpha value is -2.75. The summed E-state index contributed by atoms with van der Waals surface area (Å²) in [5.41, 5.74) is 1.12. The van der Waals surface area contributed by atoms with Crippen LogP contribution >= 0.6 is 0 Å². The normalized spacial score (nSPS) is 17.8. The average Bonchev–Trinajstić information content (AvgIpc) is 3.33. The molecule has 1 saturated heterocycles. The first-order valence-corrected chi connectivity index (χ1v) is 12.3. The molecule has 2 N–H and O–H groups in total. The van der Waals surface area contributed by atoms with Crippen molar-refractivity contribution in [3.63, 3.8) is 0 Å². The molecule has 9 heteroatoms. The van der Waals surface area contributed by atoms with Gasteiger partial charge in [-0.25, -0.2) is 8.42 Å². The first-order valence-electron chi connectivity index (χ1n) is 10.8. The molecule has 2 amide bonds. The number of hydrogen-bond donors (Lipinski definition) is 2. The molecule has 0 aromatic heterocycles. The van der Waals surface area contributed by atoms with Gasteiger partial charge < -0.3 is 15.4 Å². The number of amides is 2. The van der Waals surface area contributed by atoms with Gasteiger partial charge >= 0.3 is 0 Å². The van der Waals surface area contributed by atoms with Crippen LogP contribution < -0.4 is 10.6 Å². The molecule has 8 nitrogen and oxygen atoms in total. The van der Waals surface area contributed by atoms with E-state index in [0.29, 0.717) is 43.1 Å². The minimum atomic E-state index is -3.62. The zero-order valence-electron chi connectivity index (χ0n) is 17.7. The highest BCUT2D eigenvalue weighted by Gasteiger charge is 2.26. The number of para-hydroxylation sites is 1. The lowest BCUT2D eigenvalue weighted by Gasteiger charge is -2.26. The summed E-state index contributed by atoms with van der Waals surface area (Å²) < 4.78 is 32.1. The van der Waals surface area contributed by atoms with Crippen LogP contribution in [0.1, 0.15) is 46.4 Å². The van der Waals surface area contributed by atoms with E-state index in [4.69, 9.17) is 4.74 Å². The molecule has 1 heterocycles. The summed E-state index contributed by atoms with van der Waals surface area (Å²) >= 11 is 0. The largest absolute Gasteiger partial charge is 0.379 e. The molecule has 32 heavy (non-hydrogen) atoms. The zero-order chi connectivity index (χ0) is 22.6. The van der Waals surface area contributed by atoms with Crippen molar-refractivity contribution in [1.82, 2.24) is 9.62 Å². The van der Waals surface area contributed by atoms with Gasteiger partial charge in [-0.2, -0.15) is 4.31 Å². The number of nitrogens with one attached hydrogen (secondary N) is 2. The van der Waals surface area contributed by atoms with Gasteiger partial charge in [-0.3, -0.25) is 9.59 Å². The minimum Gasteiger partial charge on any atom is -0.379 e. The van der Waals surface area contributed by atoms with Gasteiger partial charge in [-0.15, -0.1) is 0 Å². The molecule has 0 radical (unpaired) electrons. The molecule has 2 fully saturated rings. The van der Waals surface area contributed by atoms with Crippen molar-refractivity contribution < 1.29 is 22.7 Å². The molecule has 1 saturated carbocycles. The molecule has 0 unspecified atom stereocenters. The highest BCUT2D eigenvalue weighted by Crippen LogP contribution is 2.22. The second-order valence-electron chi connectivity index (χ2n) is 8.00. The molecule has 170 valence electrons. The summed E-state index contributed by atoms with van der Waals surface area (Å²) in [7, 11) is -3.62. The van der Waals surface area contributed by atoms with Gasteiger partial charge in [0.15, 0.2) is 0 Å². The van der Waals surface area contributed by atoms with Gasteiger partial charge in [-0.1, -0.05) is 25.0 Å². The molecule has 4 rings (SSSR count). The summed E-state index contributed by atoms with van der Waals surface area (Å²) in [6.45, 7) is 1.36. The van der Waals surface area contributed by atoms with Crippen LogP contribution in [-0.2, 0) is 14.8 Å². The summed E-state index contributed by atoms with van der Waals surface area (Å²) in [6.07, 6.45) is 4.17. The van der Waals surface area contributed by atoms with E-state index in [0.717, 1.165) is 25.7 Å². The quantitative estimate of drug-likeness (QED) is 0.694. The van der Waals surface area contributed by atoms with Crippen molar-refractivity contribution in [2.24, 2.45) is 0 Å². The van der Waals surface area contributed by atoms with Crippen molar-refractivity contribution >= 4 is 27.5 Å². The van der Waals surface area contributed by atoms with E-state index in [1.54, 1.807) is 24.3 Å². The number of carbonyl (C=O) groups is 2. The molecule has 0 atom stereocenters. The minimum absolute atomic E-state index is 0.132. The van der Waals surface area contributed by atoms with Crippen LogP contribution in [0.15, 0.2) is 53.4 Å². The zero-order valence-corrected chi connectivity index (χ0v) is 18.6. The van der Waals surface area contributed by atoms with Crippen molar-refractivity contribution in [1.29, 1.82) is 0 Å². The Kier molecular flexibility index (Phi) is 6.88. The van der Waals surface area contributed by atoms with Crippen LogP contribution in [0.3, 0.4) is 0 Å². The highest BCUT2D eigenvalue weighted by molar-refractivity contribution is 7.89. The number of carbonyl (C=O) groups excluding carboxylic acids is 2. The first kappa shape index (κ1) is 22.4. The van der Waals surface area contributed by atoms with E-state index in [1.807, 2.05) is 0 Å². The van der Waals surface area contributed by atoms with Crippen LogP contribution in [0.5, 0.6) is 0 Å². The number of rotatable bonds is 6. The maximum Gasteiger partial charge on any atom is 0.255 e. The number of morpholine rings is 1. The Balaban J connectivity index is 1.46. The van der Waals surface area contributed by atoms with Gasteiger partial charge in [0.2, 0.25) is 10.0 Å². The molecule has 2 aromatic carbocycles. The molecule has 2 aromatic rings. The van der Waals surface area contributed by atoms with E-state index >= 15 is 0 Å². The van der Waals surface area contributed by atoms with Crippen LogP contribution in [0.25, 0.3) is 0 Å². The SMILES string of the molecule is O=C(Nc1ccccc1C(=O)NC1CCCC1)c1ccc(S(=O)(=O)N2CCOCC2)cc1. The van der Waals surface area contributed by atoms with Crippen molar-refractivity contribution in [3.05, 3.63) is 59.7 Å². The van der Waals surface area contributed by atoms with E-state index in [1.165, 1.54) is 28.6 Å². The summed E-state index contributed by atoms with van der Waals surface area (Å²) in [6, 6.07) is 12.8. The second-order valence-corrected chi connectivity index (χ2v) is 9.93. The van der Waals surface area contributed by atoms with Crippen molar-refractivity contribution in [2.75, 3.05) is 31.6 Å². The lowest BCUT2D eigenvalue weighted by atomic mass is 10.1. The van der Waals surface area contributed by atoms with E-state index in [9.17, 15) is 18.0 Å². The predicted molar refractivity (Wildman–Crippen MR) is 120 cm³/mol. The lowest BCUT2D eigenvalue weighted by Crippen LogP contribution is -2.40. The highest BCUT2D eigenvalue weighted by atomic mass is 32.2. The summed E-state index contributed by atoms with van der Waals surface area (Å²) in [4.78, 5) is 25.6. The molecule has 1 aliphatic carbocycles. The van der Waals surface area contributed by atoms with Gasteiger partial charge in [0, 0.05) is 24.7 Å². The monoisotopic (exact) mass is 457 g/mol. The number of ether oxygens (including phenoxy) is 1. The number of benzene rings is 2. The van der Waals surface area contributed by atoms with Crippen LogP contribution in [0.4, 0.5) is 5.69 Å². The van der Waals surface area contributed by atoms with Gasteiger partial charge in [0.25, 0.3) is 11.8 Å². The van der Waals surface area contributed by atoms with Gasteiger partial charge in [0.1, 0.15) is 0 Å². The molecule has 0 bridgehead atoms. The van der Waals surface area contributed by atoms with E-state index in [2.05, 4.69) is 10.6 Å². The van der Waals surface area contributed by atoms with Crippen LogP contribution in [0, 0.1) is 0 Å². The van der Waals surface area contributed by atoms with E-state index < -0.39 is 15.9 Å². The third-order valence-electron chi connectivity index (χ3n) is 5.83. The Labute approximate surface area is 188 Å². The fourth-order valence-corrected chi connectivity index (χ4v) is 5.44. The maximum atomic E-state index is 12.8.